The van der Waals surface area contributed by atoms with E-state index in [1.807, 2.05) is 0 Å². The van der Waals surface area contributed by atoms with Crippen LogP contribution in [-0.2, 0) is 6.18 Å². The monoisotopic (exact) mass is 386 g/mol. The van der Waals surface area contributed by atoms with Crippen LogP contribution in [0.15, 0.2) is 30.5 Å². The third kappa shape index (κ3) is 3.67. The zero-order chi connectivity index (χ0) is 19.8. The van der Waals surface area contributed by atoms with Crippen molar-refractivity contribution in [3.63, 3.8) is 0 Å². The predicted octanol–water partition coefficient (Wildman–Crippen LogP) is 1.96. The van der Waals surface area contributed by atoms with Crippen LogP contribution < -0.4 is 5.73 Å². The van der Waals surface area contributed by atoms with Crippen molar-refractivity contribution in [3.05, 3.63) is 47.5 Å². The fourth-order valence-electron chi connectivity index (χ4n) is 3.08. The molecule has 1 aromatic carbocycles. The Morgan fingerprint density at radius 3 is 2.44 bits per heavy atom. The highest BCUT2D eigenvalue weighted by molar-refractivity contribution is 5.95. The number of benzene rings is 1. The molecule has 0 spiro atoms. The van der Waals surface area contributed by atoms with Gasteiger partial charge in [0.05, 0.1) is 17.4 Å². The number of piperidine rings is 1. The summed E-state index contributed by atoms with van der Waals surface area (Å²) in [4.78, 5) is 13.9. The summed E-state index contributed by atoms with van der Waals surface area (Å²) in [6.45, 7) is 0.136. The number of para-hydroxylation sites is 1. The maximum absolute atomic E-state index is 14.0. The van der Waals surface area contributed by atoms with Gasteiger partial charge < -0.3 is 15.7 Å². The van der Waals surface area contributed by atoms with Crippen LogP contribution in [0.4, 0.5) is 17.6 Å². The van der Waals surface area contributed by atoms with E-state index < -0.39 is 40.4 Å². The third-order valence-electron chi connectivity index (χ3n) is 4.71. The summed E-state index contributed by atoms with van der Waals surface area (Å²) in [6.07, 6.45) is -3.80. The van der Waals surface area contributed by atoms with Crippen LogP contribution in [0.25, 0.3) is 5.69 Å². The quantitative estimate of drug-likeness (QED) is 0.790. The number of aromatic nitrogens is 2. The summed E-state index contributed by atoms with van der Waals surface area (Å²) in [5.74, 6) is -1.76. The Labute approximate surface area is 152 Å². The first-order valence-electron chi connectivity index (χ1n) is 8.28. The number of nitrogens with zero attached hydrogens (tertiary/aromatic N) is 3. The molecule has 1 aliphatic heterocycles. The Kier molecular flexibility index (Phi) is 4.96. The van der Waals surface area contributed by atoms with Crippen LogP contribution in [0.2, 0.25) is 0 Å². The molecule has 1 fully saturated rings. The Morgan fingerprint density at radius 1 is 1.26 bits per heavy atom. The summed E-state index contributed by atoms with van der Waals surface area (Å²) in [5.41, 5.74) is 1.96. The largest absolute Gasteiger partial charge is 0.434 e. The Bertz CT molecular complexity index is 842. The molecule has 1 aliphatic rings. The first-order valence-corrected chi connectivity index (χ1v) is 8.28. The van der Waals surface area contributed by atoms with Gasteiger partial charge in [-0.15, -0.1) is 0 Å². The Hall–Kier alpha value is -2.46. The maximum atomic E-state index is 14.0. The van der Waals surface area contributed by atoms with E-state index in [0.29, 0.717) is 4.68 Å². The van der Waals surface area contributed by atoms with Gasteiger partial charge >= 0.3 is 6.18 Å². The van der Waals surface area contributed by atoms with Crippen LogP contribution in [0.1, 0.15) is 28.9 Å². The number of carbonyl (C=O) groups is 1. The van der Waals surface area contributed by atoms with Crippen LogP contribution >= 0.6 is 0 Å². The molecule has 2 aromatic rings. The number of nitrogens with two attached hydrogens (primary N) is 1. The second-order valence-electron chi connectivity index (χ2n) is 6.49. The van der Waals surface area contributed by atoms with Crippen LogP contribution in [0.3, 0.4) is 0 Å². The van der Waals surface area contributed by atoms with E-state index in [0.717, 1.165) is 18.3 Å². The molecular weight excluding hydrogens is 368 g/mol. The van der Waals surface area contributed by atoms with Gasteiger partial charge in [0.1, 0.15) is 11.5 Å². The standard InChI is InChI=1S/C17H18F4N4O2/c18-12-3-1-2-4-13(12)25-14(17(19,20)21)11(9-23-25)15(26)24-7-5-16(27,10-22)6-8-24/h1-4,9,27H,5-8,10,22H2. The molecule has 1 saturated heterocycles. The number of alkyl halides is 3. The van der Waals surface area contributed by atoms with Gasteiger partial charge in [-0.1, -0.05) is 12.1 Å². The zero-order valence-corrected chi connectivity index (χ0v) is 14.2. The summed E-state index contributed by atoms with van der Waals surface area (Å²) in [7, 11) is 0. The molecule has 0 saturated carbocycles. The lowest BCUT2D eigenvalue weighted by Gasteiger charge is -2.37. The molecule has 3 rings (SSSR count). The first-order chi connectivity index (χ1) is 12.7. The number of carbonyl (C=O) groups excluding carboxylic acids is 1. The molecule has 10 heteroatoms. The fourth-order valence-corrected chi connectivity index (χ4v) is 3.08. The molecule has 0 atom stereocenters. The molecule has 146 valence electrons. The van der Waals surface area contributed by atoms with E-state index in [4.69, 9.17) is 5.73 Å². The van der Waals surface area contributed by atoms with Crippen molar-refractivity contribution in [2.45, 2.75) is 24.6 Å². The van der Waals surface area contributed by atoms with Crippen LogP contribution in [-0.4, -0.2) is 50.9 Å². The summed E-state index contributed by atoms with van der Waals surface area (Å²) in [5, 5.41) is 13.7. The van der Waals surface area contributed by atoms with Crippen LogP contribution in [0.5, 0.6) is 0 Å². The average Bonchev–Trinajstić information content (AvgIpc) is 3.07. The third-order valence-corrected chi connectivity index (χ3v) is 4.71. The molecule has 0 radical (unpaired) electrons. The Balaban J connectivity index is 1.97. The van der Waals surface area contributed by atoms with Gasteiger partial charge in [0.25, 0.3) is 5.91 Å². The van der Waals surface area contributed by atoms with Gasteiger partial charge in [-0.3, -0.25) is 4.79 Å². The van der Waals surface area contributed by atoms with Gasteiger partial charge in [0, 0.05) is 19.6 Å². The van der Waals surface area contributed by atoms with Crippen molar-refractivity contribution in [1.82, 2.24) is 14.7 Å². The predicted molar refractivity (Wildman–Crippen MR) is 87.7 cm³/mol. The molecule has 0 aliphatic carbocycles. The molecule has 6 nitrogen and oxygen atoms in total. The lowest BCUT2D eigenvalue weighted by Crippen LogP contribution is -2.50. The molecular formula is C17H18F4N4O2. The Morgan fingerprint density at radius 2 is 1.89 bits per heavy atom. The second kappa shape index (κ2) is 6.93. The smallest absolute Gasteiger partial charge is 0.388 e. The normalized spacial score (nSPS) is 17.2. The molecule has 3 N–H and O–H groups in total. The highest BCUT2D eigenvalue weighted by Crippen LogP contribution is 2.35. The van der Waals surface area contributed by atoms with Gasteiger partial charge in [0.15, 0.2) is 5.69 Å². The van der Waals surface area contributed by atoms with Gasteiger partial charge in [-0.05, 0) is 25.0 Å². The van der Waals surface area contributed by atoms with Crippen molar-refractivity contribution in [1.29, 1.82) is 0 Å². The number of rotatable bonds is 3. The minimum absolute atomic E-state index is 0.00798. The topological polar surface area (TPSA) is 84.4 Å². The fraction of sp³-hybridized carbons (Fsp3) is 0.412. The number of halogens is 4. The van der Waals surface area contributed by atoms with E-state index in [9.17, 15) is 27.5 Å². The average molecular weight is 386 g/mol. The summed E-state index contributed by atoms with van der Waals surface area (Å²) >= 11 is 0. The van der Waals surface area contributed by atoms with E-state index >= 15 is 0 Å². The highest BCUT2D eigenvalue weighted by atomic mass is 19.4. The van der Waals surface area contributed by atoms with Crippen molar-refractivity contribution in [2.75, 3.05) is 19.6 Å². The zero-order valence-electron chi connectivity index (χ0n) is 14.2. The first kappa shape index (κ1) is 19.3. The lowest BCUT2D eigenvalue weighted by molar-refractivity contribution is -0.143. The molecule has 2 heterocycles. The molecule has 0 bridgehead atoms. The minimum Gasteiger partial charge on any atom is -0.388 e. The van der Waals surface area contributed by atoms with Crippen molar-refractivity contribution < 1.29 is 27.5 Å². The summed E-state index contributed by atoms with van der Waals surface area (Å²) < 4.78 is 55.3. The van der Waals surface area contributed by atoms with Gasteiger partial charge in [0.2, 0.25) is 0 Å². The number of aliphatic hydroxyl groups is 1. The maximum Gasteiger partial charge on any atom is 0.434 e. The van der Waals surface area contributed by atoms with E-state index in [2.05, 4.69) is 5.10 Å². The summed E-state index contributed by atoms with van der Waals surface area (Å²) in [6, 6.07) is 4.87. The molecule has 27 heavy (non-hydrogen) atoms. The molecule has 0 unspecified atom stereocenters. The molecule has 1 amide bonds. The van der Waals surface area contributed by atoms with Crippen molar-refractivity contribution in [2.24, 2.45) is 5.73 Å². The minimum atomic E-state index is -4.92. The number of hydrogen-bond donors (Lipinski definition) is 2. The number of amides is 1. The van der Waals surface area contributed by atoms with Gasteiger partial charge in [-0.2, -0.15) is 18.3 Å². The lowest BCUT2D eigenvalue weighted by atomic mass is 9.91. The van der Waals surface area contributed by atoms with E-state index in [1.54, 1.807) is 0 Å². The van der Waals surface area contributed by atoms with E-state index in [1.165, 1.54) is 17.0 Å². The van der Waals surface area contributed by atoms with Gasteiger partial charge in [-0.25, -0.2) is 9.07 Å². The SMILES string of the molecule is NCC1(O)CCN(C(=O)c2cnn(-c3ccccc3F)c2C(F)(F)F)CC1. The number of likely N-dealkylation sites (tertiary alicyclic amines) is 1. The number of hydrogen-bond acceptors (Lipinski definition) is 4. The van der Waals surface area contributed by atoms with E-state index in [-0.39, 0.29) is 32.5 Å². The highest BCUT2D eigenvalue weighted by Gasteiger charge is 2.42. The van der Waals surface area contributed by atoms with Crippen LogP contribution in [0, 0.1) is 5.82 Å². The van der Waals surface area contributed by atoms with Crippen molar-refractivity contribution in [3.8, 4) is 5.69 Å². The molecule has 1 aromatic heterocycles. The second-order valence-corrected chi connectivity index (χ2v) is 6.49. The van der Waals surface area contributed by atoms with Crippen molar-refractivity contribution >= 4 is 5.91 Å².